The summed E-state index contributed by atoms with van der Waals surface area (Å²) in [5.41, 5.74) is 3.32. The molecule has 0 saturated heterocycles. The third-order valence-electron chi connectivity index (χ3n) is 5.78. The molecule has 20 heavy (non-hydrogen) atoms. The molecule has 2 nitrogen and oxygen atoms in total. The van der Waals surface area contributed by atoms with E-state index in [1.54, 1.807) is 0 Å². The van der Waals surface area contributed by atoms with Crippen molar-refractivity contribution in [2.75, 3.05) is 0 Å². The predicted octanol–water partition coefficient (Wildman–Crippen LogP) is 4.46. The number of rotatable bonds is 3. The number of hydrogen-bond acceptors (Lipinski definition) is 1. The van der Waals surface area contributed by atoms with Gasteiger partial charge < -0.3 is 9.67 Å². The lowest BCUT2D eigenvalue weighted by molar-refractivity contribution is 0.0966. The van der Waals surface area contributed by atoms with Crippen molar-refractivity contribution in [2.45, 2.75) is 78.4 Å². The van der Waals surface area contributed by atoms with E-state index < -0.39 is 0 Å². The molecule has 2 aliphatic rings. The summed E-state index contributed by atoms with van der Waals surface area (Å²) in [6.07, 6.45) is 10.8. The fourth-order valence-electron chi connectivity index (χ4n) is 4.45. The van der Waals surface area contributed by atoms with Gasteiger partial charge in [0.1, 0.15) is 0 Å². The third kappa shape index (κ3) is 2.43. The molecule has 2 heteroatoms. The highest BCUT2D eigenvalue weighted by Gasteiger charge is 2.36. The van der Waals surface area contributed by atoms with Crippen LogP contribution in [0.2, 0.25) is 0 Å². The maximum Gasteiger partial charge on any atom is 0.0812 e. The maximum atomic E-state index is 10.4. The zero-order valence-corrected chi connectivity index (χ0v) is 13.3. The zero-order chi connectivity index (χ0) is 14.4. The molecule has 0 amide bonds. The highest BCUT2D eigenvalue weighted by atomic mass is 16.3. The highest BCUT2D eigenvalue weighted by molar-refractivity contribution is 5.29. The van der Waals surface area contributed by atoms with E-state index >= 15 is 0 Å². The van der Waals surface area contributed by atoms with Gasteiger partial charge in [-0.2, -0.15) is 0 Å². The van der Waals surface area contributed by atoms with Crippen molar-refractivity contribution in [2.24, 2.45) is 10.8 Å². The van der Waals surface area contributed by atoms with Crippen molar-refractivity contribution < 1.29 is 5.11 Å². The first-order chi connectivity index (χ1) is 9.45. The van der Waals surface area contributed by atoms with Gasteiger partial charge in [-0.3, -0.25) is 0 Å². The average molecular weight is 275 g/mol. The minimum atomic E-state index is -0.267. The van der Waals surface area contributed by atoms with Gasteiger partial charge in [0.05, 0.1) is 6.10 Å². The highest BCUT2D eigenvalue weighted by Crippen LogP contribution is 2.45. The number of fused-ring (bicyclic) bond motifs is 1. The number of aliphatic hydroxyl groups excluding tert-OH is 1. The van der Waals surface area contributed by atoms with E-state index in [1.165, 1.54) is 43.4 Å². The SMILES string of the molecule is CCC1(Cn2ccc3c2CC(C)(C)CC3O)CCCC1. The van der Waals surface area contributed by atoms with Crippen LogP contribution in [0.25, 0.3) is 0 Å². The Kier molecular flexibility index (Phi) is 3.48. The molecule has 1 aromatic heterocycles. The Hall–Kier alpha value is -0.760. The molecule has 1 aromatic rings. The number of aromatic nitrogens is 1. The van der Waals surface area contributed by atoms with Gasteiger partial charge in [-0.05, 0) is 49.0 Å². The van der Waals surface area contributed by atoms with Gasteiger partial charge >= 0.3 is 0 Å². The molecule has 1 atom stereocenters. The van der Waals surface area contributed by atoms with Crippen LogP contribution in [0.15, 0.2) is 12.3 Å². The molecule has 0 spiro atoms. The van der Waals surface area contributed by atoms with Crippen molar-refractivity contribution in [3.05, 3.63) is 23.5 Å². The second-order valence-electron chi connectivity index (χ2n) is 7.97. The molecule has 112 valence electrons. The molecule has 1 saturated carbocycles. The molecule has 0 aliphatic heterocycles. The van der Waals surface area contributed by atoms with E-state index in [0.29, 0.717) is 5.41 Å². The minimum Gasteiger partial charge on any atom is -0.388 e. The lowest BCUT2D eigenvalue weighted by Gasteiger charge is -2.36. The van der Waals surface area contributed by atoms with E-state index in [1.807, 2.05) is 0 Å². The van der Waals surface area contributed by atoms with Gasteiger partial charge in [-0.1, -0.05) is 33.6 Å². The molecule has 0 radical (unpaired) electrons. The summed E-state index contributed by atoms with van der Waals surface area (Å²) in [6.45, 7) is 8.06. The third-order valence-corrected chi connectivity index (χ3v) is 5.78. The van der Waals surface area contributed by atoms with Gasteiger partial charge in [0.15, 0.2) is 0 Å². The fraction of sp³-hybridized carbons (Fsp3) is 0.778. The molecular formula is C18H29NO. The molecule has 3 rings (SSSR count). The van der Waals surface area contributed by atoms with E-state index in [4.69, 9.17) is 0 Å². The first-order valence-corrected chi connectivity index (χ1v) is 8.31. The smallest absolute Gasteiger partial charge is 0.0812 e. The van der Waals surface area contributed by atoms with E-state index in [9.17, 15) is 5.11 Å². The van der Waals surface area contributed by atoms with Gasteiger partial charge in [0, 0.05) is 24.0 Å². The summed E-state index contributed by atoms with van der Waals surface area (Å²) in [5, 5.41) is 10.4. The van der Waals surface area contributed by atoms with E-state index in [0.717, 1.165) is 19.4 Å². The summed E-state index contributed by atoms with van der Waals surface area (Å²) in [6, 6.07) is 2.16. The van der Waals surface area contributed by atoms with Crippen molar-refractivity contribution >= 4 is 0 Å². The van der Waals surface area contributed by atoms with Crippen molar-refractivity contribution in [1.82, 2.24) is 4.57 Å². The van der Waals surface area contributed by atoms with Gasteiger partial charge in [0.25, 0.3) is 0 Å². The Morgan fingerprint density at radius 3 is 2.65 bits per heavy atom. The molecule has 1 heterocycles. The number of nitrogens with zero attached hydrogens (tertiary/aromatic N) is 1. The van der Waals surface area contributed by atoms with Crippen LogP contribution in [0.1, 0.15) is 76.7 Å². The van der Waals surface area contributed by atoms with Gasteiger partial charge in [0.2, 0.25) is 0 Å². The zero-order valence-electron chi connectivity index (χ0n) is 13.3. The van der Waals surface area contributed by atoms with E-state index in [2.05, 4.69) is 37.6 Å². The Morgan fingerprint density at radius 1 is 1.30 bits per heavy atom. The predicted molar refractivity (Wildman–Crippen MR) is 82.7 cm³/mol. The molecule has 1 unspecified atom stereocenters. The molecule has 0 bridgehead atoms. The Labute approximate surface area is 123 Å². The van der Waals surface area contributed by atoms with Crippen LogP contribution in [0.4, 0.5) is 0 Å². The Bertz CT molecular complexity index is 480. The van der Waals surface area contributed by atoms with Gasteiger partial charge in [-0.25, -0.2) is 0 Å². The van der Waals surface area contributed by atoms with E-state index in [-0.39, 0.29) is 11.5 Å². The van der Waals surface area contributed by atoms with Crippen LogP contribution in [0, 0.1) is 10.8 Å². The van der Waals surface area contributed by atoms with Crippen molar-refractivity contribution in [3.8, 4) is 0 Å². The summed E-state index contributed by atoms with van der Waals surface area (Å²) in [4.78, 5) is 0. The van der Waals surface area contributed by atoms with Crippen LogP contribution < -0.4 is 0 Å². The summed E-state index contributed by atoms with van der Waals surface area (Å²) < 4.78 is 2.47. The lowest BCUT2D eigenvalue weighted by Crippen LogP contribution is -2.29. The molecule has 1 fully saturated rings. The maximum absolute atomic E-state index is 10.4. The van der Waals surface area contributed by atoms with Crippen LogP contribution in [-0.4, -0.2) is 9.67 Å². The topological polar surface area (TPSA) is 25.2 Å². The number of hydrogen-bond donors (Lipinski definition) is 1. The summed E-state index contributed by atoms with van der Waals surface area (Å²) in [5.74, 6) is 0. The largest absolute Gasteiger partial charge is 0.388 e. The summed E-state index contributed by atoms with van der Waals surface area (Å²) in [7, 11) is 0. The Balaban J connectivity index is 1.89. The average Bonchev–Trinajstić information content (AvgIpc) is 2.97. The van der Waals surface area contributed by atoms with Crippen LogP contribution in [0.3, 0.4) is 0 Å². The second kappa shape index (κ2) is 4.91. The first-order valence-electron chi connectivity index (χ1n) is 8.31. The fourth-order valence-corrected chi connectivity index (χ4v) is 4.45. The molecule has 2 aliphatic carbocycles. The van der Waals surface area contributed by atoms with Crippen LogP contribution in [-0.2, 0) is 13.0 Å². The Morgan fingerprint density at radius 2 is 2.00 bits per heavy atom. The van der Waals surface area contributed by atoms with Crippen molar-refractivity contribution in [1.29, 1.82) is 0 Å². The first kappa shape index (κ1) is 14.2. The van der Waals surface area contributed by atoms with Gasteiger partial charge in [-0.15, -0.1) is 0 Å². The molecule has 0 aromatic carbocycles. The number of aliphatic hydroxyl groups is 1. The minimum absolute atomic E-state index is 0.220. The normalized spacial score (nSPS) is 27.5. The summed E-state index contributed by atoms with van der Waals surface area (Å²) >= 11 is 0. The van der Waals surface area contributed by atoms with Crippen molar-refractivity contribution in [3.63, 3.8) is 0 Å². The molecular weight excluding hydrogens is 246 g/mol. The van der Waals surface area contributed by atoms with Crippen LogP contribution in [0.5, 0.6) is 0 Å². The standard InChI is InChI=1S/C18H29NO/c1-4-18(8-5-6-9-18)13-19-10-7-14-15(19)11-17(2,3)12-16(14)20/h7,10,16,20H,4-6,8-9,11-13H2,1-3H3. The lowest BCUT2D eigenvalue weighted by atomic mass is 9.75. The quantitative estimate of drug-likeness (QED) is 0.865. The monoisotopic (exact) mass is 275 g/mol. The molecule has 1 N–H and O–H groups in total. The second-order valence-corrected chi connectivity index (χ2v) is 7.97. The van der Waals surface area contributed by atoms with Crippen LogP contribution >= 0.6 is 0 Å².